The van der Waals surface area contributed by atoms with Crippen LogP contribution in [0.1, 0.15) is 66.9 Å². The van der Waals surface area contributed by atoms with Gasteiger partial charge < -0.3 is 4.74 Å². The predicted octanol–water partition coefficient (Wildman–Crippen LogP) is 6.10. The number of rotatable bonds is 4. The highest BCUT2D eigenvalue weighted by Crippen LogP contribution is 2.38. The molecule has 0 bridgehead atoms. The van der Waals surface area contributed by atoms with E-state index >= 15 is 0 Å². The minimum absolute atomic E-state index is 0.0802. The molecule has 1 atom stereocenters. The first kappa shape index (κ1) is 15.1. The summed E-state index contributed by atoms with van der Waals surface area (Å²) in [5.74, 6) is 1.79. The van der Waals surface area contributed by atoms with Crippen molar-refractivity contribution < 1.29 is 4.74 Å². The lowest BCUT2D eigenvalue weighted by Gasteiger charge is -2.21. The molecule has 1 aliphatic carbocycles. The van der Waals surface area contributed by atoms with Crippen molar-refractivity contribution in [2.75, 3.05) is 0 Å². The van der Waals surface area contributed by atoms with Gasteiger partial charge in [-0.1, -0.05) is 49.2 Å². The summed E-state index contributed by atoms with van der Waals surface area (Å²) in [5.41, 5.74) is 5.48. The van der Waals surface area contributed by atoms with E-state index in [-0.39, 0.29) is 6.10 Å². The van der Waals surface area contributed by atoms with Gasteiger partial charge in [0.25, 0.3) is 0 Å². The Morgan fingerprint density at radius 1 is 0.909 bits per heavy atom. The summed E-state index contributed by atoms with van der Waals surface area (Å²) >= 11 is 0. The van der Waals surface area contributed by atoms with Gasteiger partial charge in [0, 0.05) is 0 Å². The highest BCUT2D eigenvalue weighted by Gasteiger charge is 2.20. The Kier molecular flexibility index (Phi) is 4.52. The molecule has 1 saturated carbocycles. The van der Waals surface area contributed by atoms with Crippen LogP contribution in [0.2, 0.25) is 0 Å². The molecular weight excluding hydrogens is 268 g/mol. The molecule has 1 unspecified atom stereocenters. The van der Waals surface area contributed by atoms with Crippen molar-refractivity contribution >= 4 is 0 Å². The van der Waals surface area contributed by atoms with Crippen molar-refractivity contribution in [1.82, 2.24) is 0 Å². The fraction of sp³-hybridized carbons (Fsp3) is 0.429. The van der Waals surface area contributed by atoms with Crippen LogP contribution < -0.4 is 4.74 Å². The zero-order valence-corrected chi connectivity index (χ0v) is 13.9. The quantitative estimate of drug-likeness (QED) is 0.662. The molecule has 0 N–H and O–H groups in total. The summed E-state index contributed by atoms with van der Waals surface area (Å²) in [7, 11) is 0. The molecule has 0 aromatic heterocycles. The molecule has 1 fully saturated rings. The van der Waals surface area contributed by atoms with E-state index in [0.29, 0.717) is 0 Å². The van der Waals surface area contributed by atoms with E-state index in [1.807, 2.05) is 6.07 Å². The van der Waals surface area contributed by atoms with Crippen molar-refractivity contribution in [3.63, 3.8) is 0 Å². The smallest absolute Gasteiger partial charge is 0.123 e. The van der Waals surface area contributed by atoms with E-state index in [2.05, 4.69) is 57.2 Å². The lowest BCUT2D eigenvalue weighted by atomic mass is 9.91. The Morgan fingerprint density at radius 2 is 1.59 bits per heavy atom. The van der Waals surface area contributed by atoms with Crippen molar-refractivity contribution in [1.29, 1.82) is 0 Å². The topological polar surface area (TPSA) is 9.23 Å². The number of benzene rings is 2. The molecule has 1 aliphatic rings. The molecule has 0 amide bonds. The van der Waals surface area contributed by atoms with Crippen LogP contribution in [0.25, 0.3) is 0 Å². The molecule has 1 heteroatoms. The standard InChI is InChI=1S/C21H26O/c1-15-16(2)21(14-13-20(15)19-11-7-8-12-19)22-17(3)18-9-5-4-6-10-18/h4-6,9-10,13-14,17,19H,7-8,11-12H2,1-3H3. The van der Waals surface area contributed by atoms with Crippen molar-refractivity contribution in [2.45, 2.75) is 58.5 Å². The molecule has 0 heterocycles. The van der Waals surface area contributed by atoms with Gasteiger partial charge in [0.1, 0.15) is 11.9 Å². The van der Waals surface area contributed by atoms with Crippen molar-refractivity contribution in [2.24, 2.45) is 0 Å². The average Bonchev–Trinajstić information content (AvgIpc) is 3.07. The van der Waals surface area contributed by atoms with E-state index in [9.17, 15) is 0 Å². The minimum Gasteiger partial charge on any atom is -0.486 e. The lowest BCUT2D eigenvalue weighted by molar-refractivity contribution is 0.225. The van der Waals surface area contributed by atoms with Crippen LogP contribution in [-0.4, -0.2) is 0 Å². The van der Waals surface area contributed by atoms with E-state index in [0.717, 1.165) is 11.7 Å². The number of hydrogen-bond donors (Lipinski definition) is 0. The van der Waals surface area contributed by atoms with Crippen LogP contribution in [0.5, 0.6) is 5.75 Å². The predicted molar refractivity (Wildman–Crippen MR) is 92.6 cm³/mol. The monoisotopic (exact) mass is 294 g/mol. The fourth-order valence-corrected chi connectivity index (χ4v) is 3.61. The van der Waals surface area contributed by atoms with Gasteiger partial charge in [0.15, 0.2) is 0 Å². The minimum atomic E-state index is 0.0802. The molecule has 0 spiro atoms. The molecule has 0 saturated heterocycles. The Balaban J connectivity index is 1.81. The fourth-order valence-electron chi connectivity index (χ4n) is 3.61. The van der Waals surface area contributed by atoms with Gasteiger partial charge in [-0.25, -0.2) is 0 Å². The zero-order chi connectivity index (χ0) is 15.5. The summed E-state index contributed by atoms with van der Waals surface area (Å²) in [6, 6.07) is 14.9. The molecule has 2 aromatic carbocycles. The molecule has 1 nitrogen and oxygen atoms in total. The Bertz CT molecular complexity index is 624. The second-order valence-electron chi connectivity index (χ2n) is 6.56. The second-order valence-corrected chi connectivity index (χ2v) is 6.56. The van der Waals surface area contributed by atoms with Crippen molar-refractivity contribution in [3.05, 3.63) is 64.7 Å². The van der Waals surface area contributed by atoms with E-state index in [1.165, 1.54) is 47.9 Å². The summed E-state index contributed by atoms with van der Waals surface area (Å²) in [6.07, 6.45) is 5.54. The van der Waals surface area contributed by atoms with Crippen LogP contribution in [0.4, 0.5) is 0 Å². The largest absolute Gasteiger partial charge is 0.486 e. The molecule has 0 aliphatic heterocycles. The molecule has 22 heavy (non-hydrogen) atoms. The maximum absolute atomic E-state index is 6.23. The van der Waals surface area contributed by atoms with E-state index in [4.69, 9.17) is 4.74 Å². The van der Waals surface area contributed by atoms with Crippen LogP contribution in [0.15, 0.2) is 42.5 Å². The molecule has 116 valence electrons. The molecule has 0 radical (unpaired) electrons. The lowest BCUT2D eigenvalue weighted by Crippen LogP contribution is -2.06. The molecular formula is C21H26O. The van der Waals surface area contributed by atoms with Gasteiger partial charge in [0.05, 0.1) is 0 Å². The first-order valence-electron chi connectivity index (χ1n) is 8.48. The first-order valence-corrected chi connectivity index (χ1v) is 8.48. The van der Waals surface area contributed by atoms with Gasteiger partial charge >= 0.3 is 0 Å². The normalized spacial score (nSPS) is 16.7. The third-order valence-electron chi connectivity index (χ3n) is 5.15. The number of ether oxygens (including phenoxy) is 1. The molecule has 3 rings (SSSR count). The SMILES string of the molecule is Cc1c(OC(C)c2ccccc2)ccc(C2CCCC2)c1C. The second kappa shape index (κ2) is 6.56. The van der Waals surface area contributed by atoms with E-state index < -0.39 is 0 Å². The average molecular weight is 294 g/mol. The van der Waals surface area contributed by atoms with Gasteiger partial charge in [-0.05, 0) is 67.9 Å². The van der Waals surface area contributed by atoms with E-state index in [1.54, 1.807) is 0 Å². The summed E-state index contributed by atoms with van der Waals surface area (Å²) in [5, 5.41) is 0. The third kappa shape index (κ3) is 3.04. The number of hydrogen-bond acceptors (Lipinski definition) is 1. The highest BCUT2D eigenvalue weighted by molar-refractivity contribution is 5.45. The van der Waals surface area contributed by atoms with Gasteiger partial charge in [-0.2, -0.15) is 0 Å². The maximum atomic E-state index is 6.23. The summed E-state index contributed by atoms with van der Waals surface area (Å²) in [6.45, 7) is 6.57. The van der Waals surface area contributed by atoms with Gasteiger partial charge in [0.2, 0.25) is 0 Å². The zero-order valence-electron chi connectivity index (χ0n) is 13.9. The van der Waals surface area contributed by atoms with Crippen molar-refractivity contribution in [3.8, 4) is 5.75 Å². The van der Waals surface area contributed by atoms with Crippen LogP contribution >= 0.6 is 0 Å². The Labute approximate surface area is 134 Å². The van der Waals surface area contributed by atoms with Crippen LogP contribution in [0, 0.1) is 13.8 Å². The van der Waals surface area contributed by atoms with Gasteiger partial charge in [-0.15, -0.1) is 0 Å². The maximum Gasteiger partial charge on any atom is 0.123 e. The highest BCUT2D eigenvalue weighted by atomic mass is 16.5. The van der Waals surface area contributed by atoms with Crippen LogP contribution in [0.3, 0.4) is 0 Å². The molecule has 2 aromatic rings. The van der Waals surface area contributed by atoms with Crippen LogP contribution in [-0.2, 0) is 0 Å². The first-order chi connectivity index (χ1) is 10.7. The summed E-state index contributed by atoms with van der Waals surface area (Å²) in [4.78, 5) is 0. The summed E-state index contributed by atoms with van der Waals surface area (Å²) < 4.78 is 6.23. The van der Waals surface area contributed by atoms with Gasteiger partial charge in [-0.3, -0.25) is 0 Å². The third-order valence-corrected chi connectivity index (χ3v) is 5.15. The Morgan fingerprint density at radius 3 is 2.27 bits per heavy atom. The Hall–Kier alpha value is -1.76.